The van der Waals surface area contributed by atoms with Crippen molar-refractivity contribution in [1.29, 1.82) is 0 Å². The van der Waals surface area contributed by atoms with Crippen LogP contribution in [0.25, 0.3) is 0 Å². The predicted octanol–water partition coefficient (Wildman–Crippen LogP) is 1.72. The minimum atomic E-state index is -3.49. The largest absolute Gasteiger partial charge is 0.376 e. The third-order valence-corrected chi connectivity index (χ3v) is 8.02. The van der Waals surface area contributed by atoms with E-state index in [9.17, 15) is 18.0 Å². The summed E-state index contributed by atoms with van der Waals surface area (Å²) in [7, 11) is -3.49. The maximum atomic E-state index is 12.5. The second-order valence-corrected chi connectivity index (χ2v) is 9.98. The Labute approximate surface area is 174 Å². The van der Waals surface area contributed by atoms with E-state index in [0.29, 0.717) is 17.1 Å². The number of carbonyl (C=O) groups excluding carboxylic acids is 2. The number of amides is 2. The number of piperidine rings is 1. The Morgan fingerprint density at radius 1 is 1.10 bits per heavy atom. The van der Waals surface area contributed by atoms with Crippen molar-refractivity contribution in [2.45, 2.75) is 24.0 Å². The number of nitrogens with one attached hydrogen (secondary N) is 3. The lowest BCUT2D eigenvalue weighted by atomic mass is 9.98. The van der Waals surface area contributed by atoms with Gasteiger partial charge < -0.3 is 5.32 Å². The van der Waals surface area contributed by atoms with Gasteiger partial charge in [-0.3, -0.25) is 20.4 Å². The van der Waals surface area contributed by atoms with Crippen LogP contribution in [0.5, 0.6) is 0 Å². The van der Waals surface area contributed by atoms with Crippen molar-refractivity contribution in [3.8, 4) is 0 Å². The normalized spacial score (nSPS) is 15.6. The van der Waals surface area contributed by atoms with Crippen LogP contribution >= 0.6 is 11.3 Å². The summed E-state index contributed by atoms with van der Waals surface area (Å²) in [5.74, 6) is -1.01. The Morgan fingerprint density at radius 3 is 2.41 bits per heavy atom. The highest BCUT2D eigenvalue weighted by Gasteiger charge is 2.32. The molecule has 0 radical (unpaired) electrons. The number of benzene rings is 1. The molecule has 1 fully saturated rings. The van der Waals surface area contributed by atoms with Crippen LogP contribution in [-0.4, -0.2) is 44.2 Å². The number of rotatable bonds is 6. The molecule has 8 nitrogen and oxygen atoms in total. The van der Waals surface area contributed by atoms with Crippen LogP contribution < -0.4 is 16.2 Å². The summed E-state index contributed by atoms with van der Waals surface area (Å²) in [4.78, 5) is 24.2. The first kappa shape index (κ1) is 21.3. The van der Waals surface area contributed by atoms with Gasteiger partial charge in [0.05, 0.1) is 6.54 Å². The van der Waals surface area contributed by atoms with Gasteiger partial charge in [0, 0.05) is 24.7 Å². The second-order valence-electron chi connectivity index (χ2n) is 6.87. The molecule has 1 saturated heterocycles. The topological polar surface area (TPSA) is 108 Å². The Kier molecular flexibility index (Phi) is 6.88. The first-order valence-electron chi connectivity index (χ1n) is 9.29. The molecule has 0 atom stereocenters. The standard InChI is InChI=1S/C19H24N4O4S2/c1-14-4-6-16(7-5-14)20-13-17(24)21-22-19(25)15-8-10-23(11-9-15)29(26,27)18-3-2-12-28-18/h2-7,12,15,20H,8-11,13H2,1H3,(H,21,24)(H,22,25). The fourth-order valence-corrected chi connectivity index (χ4v) is 5.64. The lowest BCUT2D eigenvalue weighted by Crippen LogP contribution is -2.49. The molecule has 3 rings (SSSR count). The summed E-state index contributed by atoms with van der Waals surface area (Å²) >= 11 is 1.18. The first-order valence-corrected chi connectivity index (χ1v) is 11.6. The number of hydrogen-bond acceptors (Lipinski definition) is 6. The average Bonchev–Trinajstić information content (AvgIpc) is 3.27. The van der Waals surface area contributed by atoms with Gasteiger partial charge in [0.1, 0.15) is 4.21 Å². The third kappa shape index (κ3) is 5.55. The summed E-state index contributed by atoms with van der Waals surface area (Å²) in [5.41, 5.74) is 6.77. The average molecular weight is 437 g/mol. The van der Waals surface area contributed by atoms with E-state index in [1.54, 1.807) is 17.5 Å². The molecule has 2 aromatic rings. The third-order valence-electron chi connectivity index (χ3n) is 4.74. The fourth-order valence-electron chi connectivity index (χ4n) is 3.03. The number of hydrazine groups is 1. The van der Waals surface area contributed by atoms with E-state index < -0.39 is 10.0 Å². The molecule has 0 bridgehead atoms. The molecule has 29 heavy (non-hydrogen) atoms. The van der Waals surface area contributed by atoms with Gasteiger partial charge in [-0.25, -0.2) is 8.42 Å². The zero-order chi connectivity index (χ0) is 20.9. The molecule has 1 aliphatic heterocycles. The molecule has 1 aromatic heterocycles. The Morgan fingerprint density at radius 2 is 1.79 bits per heavy atom. The van der Waals surface area contributed by atoms with Crippen LogP contribution in [-0.2, 0) is 19.6 Å². The molecule has 0 spiro atoms. The fraction of sp³-hybridized carbons (Fsp3) is 0.368. The molecule has 156 valence electrons. The van der Waals surface area contributed by atoms with Crippen molar-refractivity contribution in [2.75, 3.05) is 25.0 Å². The van der Waals surface area contributed by atoms with Crippen LogP contribution in [0.4, 0.5) is 5.69 Å². The Balaban J connectivity index is 1.40. The van der Waals surface area contributed by atoms with E-state index in [1.807, 2.05) is 31.2 Å². The van der Waals surface area contributed by atoms with Gasteiger partial charge in [0.15, 0.2) is 0 Å². The predicted molar refractivity (Wildman–Crippen MR) is 112 cm³/mol. The second kappa shape index (κ2) is 9.38. The van der Waals surface area contributed by atoms with Crippen LogP contribution in [0.1, 0.15) is 18.4 Å². The Hall–Kier alpha value is -2.43. The molecule has 1 aromatic carbocycles. The molecule has 0 saturated carbocycles. The molecule has 0 aliphatic carbocycles. The van der Waals surface area contributed by atoms with Crippen molar-refractivity contribution in [1.82, 2.24) is 15.2 Å². The lowest BCUT2D eigenvalue weighted by Gasteiger charge is -2.30. The van der Waals surface area contributed by atoms with Crippen LogP contribution in [0.15, 0.2) is 46.0 Å². The summed E-state index contributed by atoms with van der Waals surface area (Å²) in [6.45, 7) is 2.57. The number of aryl methyl sites for hydroxylation is 1. The van der Waals surface area contributed by atoms with Gasteiger partial charge in [-0.1, -0.05) is 23.8 Å². The minimum absolute atomic E-state index is 0.0286. The number of thiophene rings is 1. The first-order chi connectivity index (χ1) is 13.9. The van der Waals surface area contributed by atoms with E-state index in [4.69, 9.17) is 0 Å². The summed E-state index contributed by atoms with van der Waals surface area (Å²) in [6.07, 6.45) is 0.821. The molecular formula is C19H24N4O4S2. The van der Waals surface area contributed by atoms with Crippen molar-refractivity contribution in [3.63, 3.8) is 0 Å². The zero-order valence-electron chi connectivity index (χ0n) is 16.1. The number of anilines is 1. The van der Waals surface area contributed by atoms with Gasteiger partial charge in [-0.2, -0.15) is 4.31 Å². The monoisotopic (exact) mass is 436 g/mol. The maximum absolute atomic E-state index is 12.5. The molecule has 2 amide bonds. The maximum Gasteiger partial charge on any atom is 0.257 e. The lowest BCUT2D eigenvalue weighted by molar-refractivity contribution is -0.131. The SMILES string of the molecule is Cc1ccc(NCC(=O)NNC(=O)C2CCN(S(=O)(=O)c3cccs3)CC2)cc1. The molecular weight excluding hydrogens is 412 g/mol. The highest BCUT2D eigenvalue weighted by atomic mass is 32.2. The number of hydrogen-bond donors (Lipinski definition) is 3. The smallest absolute Gasteiger partial charge is 0.257 e. The van der Waals surface area contributed by atoms with Gasteiger partial charge in [-0.05, 0) is 43.3 Å². The van der Waals surface area contributed by atoms with E-state index in [-0.39, 0.29) is 37.4 Å². The minimum Gasteiger partial charge on any atom is -0.376 e. The van der Waals surface area contributed by atoms with Gasteiger partial charge in [-0.15, -0.1) is 11.3 Å². The van der Waals surface area contributed by atoms with Crippen molar-refractivity contribution in [3.05, 3.63) is 47.3 Å². The molecule has 10 heteroatoms. The van der Waals surface area contributed by atoms with E-state index in [1.165, 1.54) is 15.6 Å². The molecule has 0 unspecified atom stereocenters. The van der Waals surface area contributed by atoms with E-state index >= 15 is 0 Å². The summed E-state index contributed by atoms with van der Waals surface area (Å²) in [5, 5.41) is 4.70. The number of carbonyl (C=O) groups is 2. The van der Waals surface area contributed by atoms with Crippen molar-refractivity contribution >= 4 is 38.9 Å². The van der Waals surface area contributed by atoms with Crippen LogP contribution in [0.2, 0.25) is 0 Å². The summed E-state index contributed by atoms with van der Waals surface area (Å²) in [6, 6.07) is 10.9. The summed E-state index contributed by atoms with van der Waals surface area (Å²) < 4.78 is 26.8. The molecule has 1 aliphatic rings. The highest BCUT2D eigenvalue weighted by Crippen LogP contribution is 2.26. The van der Waals surface area contributed by atoms with Crippen LogP contribution in [0, 0.1) is 12.8 Å². The van der Waals surface area contributed by atoms with Crippen molar-refractivity contribution < 1.29 is 18.0 Å². The van der Waals surface area contributed by atoms with Gasteiger partial charge in [0.2, 0.25) is 5.91 Å². The van der Waals surface area contributed by atoms with Crippen LogP contribution in [0.3, 0.4) is 0 Å². The number of nitrogens with zero attached hydrogens (tertiary/aromatic N) is 1. The molecule has 2 heterocycles. The Bertz CT molecular complexity index is 935. The quantitative estimate of drug-likeness (QED) is 0.598. The molecule has 3 N–H and O–H groups in total. The van der Waals surface area contributed by atoms with E-state index in [0.717, 1.165) is 11.3 Å². The van der Waals surface area contributed by atoms with Gasteiger partial charge >= 0.3 is 0 Å². The van der Waals surface area contributed by atoms with Crippen molar-refractivity contribution in [2.24, 2.45) is 5.92 Å². The number of sulfonamides is 1. The highest BCUT2D eigenvalue weighted by molar-refractivity contribution is 7.91. The van der Waals surface area contributed by atoms with E-state index in [2.05, 4.69) is 16.2 Å². The van der Waals surface area contributed by atoms with Gasteiger partial charge in [0.25, 0.3) is 15.9 Å². The zero-order valence-corrected chi connectivity index (χ0v) is 17.7.